The lowest BCUT2D eigenvalue weighted by Gasteiger charge is -1.81. The van der Waals surface area contributed by atoms with Gasteiger partial charge in [0.25, 0.3) is 4.45 Å². The summed E-state index contributed by atoms with van der Waals surface area (Å²) in [7, 11) is 0. The van der Waals surface area contributed by atoms with E-state index in [1.807, 2.05) is 0 Å². The third-order valence-electron chi connectivity index (χ3n) is 0.119. The van der Waals surface area contributed by atoms with E-state index in [0.717, 1.165) is 0 Å². The Balaban J connectivity index is 3.05. The van der Waals surface area contributed by atoms with Crippen LogP contribution in [0, 0.1) is 0 Å². The first-order valence-electron chi connectivity index (χ1n) is 1.01. The minimum atomic E-state index is -0.516. The molecule has 0 saturated carbocycles. The molecule has 0 radical (unpaired) electrons. The molecule has 0 amide bonds. The van der Waals surface area contributed by atoms with Crippen molar-refractivity contribution in [3.63, 3.8) is 0 Å². The standard InChI is InChI=1S/CHN2OS2/c2-3-6-1(4)5/h(H,4,5)/q-1. The van der Waals surface area contributed by atoms with E-state index < -0.39 is 4.45 Å². The van der Waals surface area contributed by atoms with Crippen molar-refractivity contribution in [3.05, 3.63) is 5.53 Å². The monoisotopic (exact) mass is 121 g/mol. The third kappa shape index (κ3) is 3.97. The number of nitrogens with zero attached hydrogens (tertiary/aromatic N) is 2. The molecule has 0 atom stereocenters. The van der Waals surface area contributed by atoms with Gasteiger partial charge in [0.1, 0.15) is 0 Å². The molecule has 0 heterocycles. The van der Waals surface area contributed by atoms with Gasteiger partial charge in [0.05, 0.1) is 0 Å². The van der Waals surface area contributed by atoms with Gasteiger partial charge in [0.15, 0.2) is 0 Å². The van der Waals surface area contributed by atoms with Crippen LogP contribution in [0.5, 0.6) is 0 Å². The molecular weight excluding hydrogens is 120 g/mol. The highest BCUT2D eigenvalue weighted by Crippen LogP contribution is 2.05. The number of carbonyl (C=O) groups excluding carboxylic acids is 1. The van der Waals surface area contributed by atoms with Gasteiger partial charge in [-0.15, -0.1) is 0 Å². The normalized spacial score (nSPS) is 7.50. The van der Waals surface area contributed by atoms with Crippen molar-refractivity contribution in [1.82, 2.24) is 0 Å². The maximum Gasteiger partial charge on any atom is 0.263 e. The van der Waals surface area contributed by atoms with Crippen LogP contribution in [-0.4, -0.2) is 4.45 Å². The van der Waals surface area contributed by atoms with E-state index in [0.29, 0.717) is 11.9 Å². The SMILES string of the molecule is [N-]=NSC(=O)S. The molecule has 0 spiro atoms. The van der Waals surface area contributed by atoms with Crippen LogP contribution in [-0.2, 0) is 0 Å². The molecule has 0 aromatic carbocycles. The van der Waals surface area contributed by atoms with Gasteiger partial charge >= 0.3 is 0 Å². The van der Waals surface area contributed by atoms with Crippen molar-refractivity contribution in [2.45, 2.75) is 0 Å². The molecule has 3 nitrogen and oxygen atoms in total. The maximum atomic E-state index is 9.62. The van der Waals surface area contributed by atoms with Gasteiger partial charge in [0.2, 0.25) is 0 Å². The minimum Gasteiger partial charge on any atom is -0.699 e. The summed E-state index contributed by atoms with van der Waals surface area (Å²) in [6.45, 7) is 0. The molecule has 0 aliphatic carbocycles. The summed E-state index contributed by atoms with van der Waals surface area (Å²) in [6.07, 6.45) is 0. The second-order valence-corrected chi connectivity index (χ2v) is 1.86. The number of hydrogen-bond donors (Lipinski definition) is 1. The summed E-state index contributed by atoms with van der Waals surface area (Å²) < 4.78 is 1.91. The molecule has 0 saturated heterocycles. The van der Waals surface area contributed by atoms with Crippen LogP contribution in [0.1, 0.15) is 0 Å². The summed E-state index contributed by atoms with van der Waals surface area (Å²) in [6, 6.07) is 0. The molecule has 0 aliphatic heterocycles. The van der Waals surface area contributed by atoms with E-state index in [9.17, 15) is 4.79 Å². The second kappa shape index (κ2) is 3.17. The van der Waals surface area contributed by atoms with Crippen LogP contribution >= 0.6 is 24.6 Å². The molecule has 0 rings (SSSR count). The highest BCUT2D eigenvalue weighted by atomic mass is 32.2. The highest BCUT2D eigenvalue weighted by Gasteiger charge is 1.82. The Labute approximate surface area is 44.6 Å². The van der Waals surface area contributed by atoms with E-state index in [-0.39, 0.29) is 0 Å². The summed E-state index contributed by atoms with van der Waals surface area (Å²) in [5.74, 6) is 0. The van der Waals surface area contributed by atoms with Gasteiger partial charge < -0.3 is 10.1 Å². The summed E-state index contributed by atoms with van der Waals surface area (Å²) in [5.41, 5.74) is 7.55. The molecule has 0 N–H and O–H groups in total. The molecular formula is CHN2OS2-. The van der Waals surface area contributed by atoms with Crippen LogP contribution in [0.15, 0.2) is 4.52 Å². The summed E-state index contributed by atoms with van der Waals surface area (Å²) in [5, 5.41) is 0. The molecule has 5 heteroatoms. The fourth-order valence-corrected chi connectivity index (χ4v) is 0.214. The Bertz CT molecular complexity index is 71.9. The zero-order valence-corrected chi connectivity index (χ0v) is 4.37. The molecule has 0 bridgehead atoms. The van der Waals surface area contributed by atoms with E-state index in [4.69, 9.17) is 5.53 Å². The average molecular weight is 121 g/mol. The van der Waals surface area contributed by atoms with Gasteiger partial charge in [-0.25, -0.2) is 0 Å². The highest BCUT2D eigenvalue weighted by molar-refractivity contribution is 8.31. The number of thiol groups is 1. The predicted molar refractivity (Wildman–Crippen MR) is 27.8 cm³/mol. The van der Waals surface area contributed by atoms with E-state index in [2.05, 4.69) is 17.1 Å². The lowest BCUT2D eigenvalue weighted by Crippen LogP contribution is -1.60. The first-order valence-corrected chi connectivity index (χ1v) is 2.24. The third-order valence-corrected chi connectivity index (χ3v) is 0.602. The maximum absolute atomic E-state index is 9.62. The van der Waals surface area contributed by atoms with Crippen molar-refractivity contribution in [2.24, 2.45) is 4.52 Å². The molecule has 0 aliphatic rings. The number of hydrogen-bond acceptors (Lipinski definition) is 3. The van der Waals surface area contributed by atoms with Gasteiger partial charge in [-0.2, -0.15) is 0 Å². The average Bonchev–Trinajstić information content (AvgIpc) is 1.35. The largest absolute Gasteiger partial charge is 0.699 e. The first-order chi connectivity index (χ1) is 2.77. The van der Waals surface area contributed by atoms with Gasteiger partial charge in [-0.05, 0) is 0 Å². The summed E-state index contributed by atoms with van der Waals surface area (Å²) in [4.78, 5) is 9.62. The van der Waals surface area contributed by atoms with Crippen molar-refractivity contribution in [1.29, 1.82) is 0 Å². The van der Waals surface area contributed by atoms with Crippen LogP contribution in [0.4, 0.5) is 4.79 Å². The van der Waals surface area contributed by atoms with E-state index in [1.165, 1.54) is 0 Å². The Morgan fingerprint density at radius 1 is 2.00 bits per heavy atom. The van der Waals surface area contributed by atoms with Crippen molar-refractivity contribution >= 4 is 29.0 Å². The van der Waals surface area contributed by atoms with Crippen LogP contribution < -0.4 is 0 Å². The molecule has 6 heavy (non-hydrogen) atoms. The van der Waals surface area contributed by atoms with E-state index in [1.54, 1.807) is 0 Å². The Hall–Kier alpha value is -0.0300. The number of carbonyl (C=O) groups is 1. The molecule has 0 unspecified atom stereocenters. The lowest BCUT2D eigenvalue weighted by atomic mass is 11.8. The zero-order chi connectivity index (χ0) is 4.99. The van der Waals surface area contributed by atoms with Gasteiger partial charge in [-0.1, -0.05) is 12.6 Å². The lowest BCUT2D eigenvalue weighted by molar-refractivity contribution is 0.277. The smallest absolute Gasteiger partial charge is 0.263 e. The first kappa shape index (κ1) is 5.97. The van der Waals surface area contributed by atoms with Crippen molar-refractivity contribution < 1.29 is 4.79 Å². The minimum absolute atomic E-state index is 0.392. The summed E-state index contributed by atoms with van der Waals surface area (Å²) >= 11 is 3.64. The van der Waals surface area contributed by atoms with Gasteiger partial charge in [-0.3, -0.25) is 4.79 Å². The fourth-order valence-electron chi connectivity index (χ4n) is 0.0349. The Morgan fingerprint density at radius 3 is 2.50 bits per heavy atom. The van der Waals surface area contributed by atoms with Gasteiger partial charge in [0, 0.05) is 11.9 Å². The zero-order valence-electron chi connectivity index (χ0n) is 2.66. The fraction of sp³-hybridized carbons (Fsp3) is 0. The molecule has 34 valence electrons. The number of rotatable bonds is 1. The molecule has 0 fully saturated rings. The van der Waals surface area contributed by atoms with Crippen LogP contribution in [0.2, 0.25) is 0 Å². The Kier molecular flexibility index (Phi) is 3.16. The van der Waals surface area contributed by atoms with Crippen LogP contribution in [0.25, 0.3) is 5.53 Å². The predicted octanol–water partition coefficient (Wildman–Crippen LogP) is 1.71. The van der Waals surface area contributed by atoms with Crippen LogP contribution in [0.3, 0.4) is 0 Å². The van der Waals surface area contributed by atoms with Crippen molar-refractivity contribution in [3.8, 4) is 0 Å². The molecule has 0 aromatic heterocycles. The van der Waals surface area contributed by atoms with Crippen molar-refractivity contribution in [2.75, 3.05) is 0 Å². The second-order valence-electron chi connectivity index (χ2n) is 0.439. The topological polar surface area (TPSA) is 51.7 Å². The Morgan fingerprint density at radius 2 is 2.50 bits per heavy atom. The molecule has 0 aromatic rings. The quantitative estimate of drug-likeness (QED) is 0.326. The van der Waals surface area contributed by atoms with E-state index >= 15 is 0 Å².